The molecule has 2 amide bonds. The quantitative estimate of drug-likeness (QED) is 0.553. The van der Waals surface area contributed by atoms with Crippen molar-refractivity contribution in [3.05, 3.63) is 0 Å². The molecule has 0 saturated carbocycles. The van der Waals surface area contributed by atoms with E-state index in [9.17, 15) is 9.59 Å². The maximum absolute atomic E-state index is 10.6. The largest absolute Gasteiger partial charge is 0.442 e. The minimum atomic E-state index is -0.418. The molecule has 2 fully saturated rings. The van der Waals surface area contributed by atoms with Gasteiger partial charge in [-0.25, -0.2) is 31.3 Å². The third kappa shape index (κ3) is 5.27. The Balaban J connectivity index is 0.000000200. The molecule has 10 heteroatoms. The van der Waals surface area contributed by atoms with Crippen molar-refractivity contribution in [3.8, 4) is 0 Å². The van der Waals surface area contributed by atoms with Crippen LogP contribution in [0.5, 0.6) is 0 Å². The normalized spacial score (nSPS) is 25.2. The summed E-state index contributed by atoms with van der Waals surface area (Å²) in [4.78, 5) is 21.3. The minimum Gasteiger partial charge on any atom is -0.442 e. The molecule has 0 aromatic heterocycles. The highest BCUT2D eigenvalue weighted by molar-refractivity contribution is 7.98. The van der Waals surface area contributed by atoms with Crippen LogP contribution in [0.4, 0.5) is 9.59 Å². The number of ether oxygens (including phenoxy) is 2. The van der Waals surface area contributed by atoms with Gasteiger partial charge in [0.1, 0.15) is 12.2 Å². The molecule has 2 saturated heterocycles. The molecule has 0 radical (unpaired) electrons. The lowest BCUT2D eigenvalue weighted by Crippen LogP contribution is -2.32. The molecular formula is C10H20N4O4S2. The third-order valence-electron chi connectivity index (χ3n) is 2.51. The highest BCUT2D eigenvalue weighted by atomic mass is 32.2. The van der Waals surface area contributed by atoms with E-state index in [2.05, 4.69) is 0 Å². The maximum Gasteiger partial charge on any atom is 0.424 e. The van der Waals surface area contributed by atoms with E-state index in [1.807, 2.05) is 12.5 Å². The number of carbonyl (C=O) groups is 2. The number of carbonyl (C=O) groups excluding carboxylic acids is 2. The number of nitrogens with two attached hydrogens (primary N) is 2. The average Bonchev–Trinajstić information content (AvgIpc) is 2.85. The number of hydrogen-bond donors (Lipinski definition) is 2. The molecule has 2 heterocycles. The van der Waals surface area contributed by atoms with Crippen molar-refractivity contribution >= 4 is 35.7 Å². The van der Waals surface area contributed by atoms with E-state index in [1.54, 1.807) is 23.5 Å². The Kier molecular flexibility index (Phi) is 7.27. The van der Waals surface area contributed by atoms with E-state index in [1.165, 1.54) is 0 Å². The summed E-state index contributed by atoms with van der Waals surface area (Å²) in [6.07, 6.45) is 3.05. The van der Waals surface area contributed by atoms with Crippen LogP contribution in [0.25, 0.3) is 0 Å². The average molecular weight is 324 g/mol. The Morgan fingerprint density at radius 3 is 1.55 bits per heavy atom. The van der Waals surface area contributed by atoms with Gasteiger partial charge in [-0.15, -0.1) is 0 Å². The molecule has 2 aliphatic heterocycles. The van der Waals surface area contributed by atoms with E-state index in [0.29, 0.717) is 13.1 Å². The topological polar surface area (TPSA) is 111 Å². The Hall–Kier alpha value is -0.840. The number of hydrazine groups is 2. The van der Waals surface area contributed by atoms with Gasteiger partial charge in [0, 0.05) is 11.5 Å². The van der Waals surface area contributed by atoms with Gasteiger partial charge in [0.15, 0.2) is 0 Å². The van der Waals surface area contributed by atoms with Gasteiger partial charge in [-0.1, -0.05) is 0 Å². The maximum atomic E-state index is 10.6. The van der Waals surface area contributed by atoms with Crippen LogP contribution >= 0.6 is 23.5 Å². The third-order valence-corrected chi connectivity index (χ3v) is 3.92. The zero-order valence-electron chi connectivity index (χ0n) is 11.5. The SMILES string of the molecule is CSCC1CN(N)C(=O)O1.CSCC1CN(N)C(=O)O1. The molecule has 4 N–H and O–H groups in total. The first-order valence-electron chi connectivity index (χ1n) is 5.91. The second kappa shape index (κ2) is 8.45. The van der Waals surface area contributed by atoms with E-state index in [-0.39, 0.29) is 12.2 Å². The highest BCUT2D eigenvalue weighted by Crippen LogP contribution is 2.11. The number of thioether (sulfide) groups is 2. The molecule has 2 atom stereocenters. The lowest BCUT2D eigenvalue weighted by atomic mass is 10.4. The predicted octanol–water partition coefficient (Wildman–Crippen LogP) is 0.0878. The van der Waals surface area contributed by atoms with Gasteiger partial charge in [-0.05, 0) is 12.5 Å². The Morgan fingerprint density at radius 2 is 1.35 bits per heavy atom. The molecule has 20 heavy (non-hydrogen) atoms. The van der Waals surface area contributed by atoms with Crippen molar-refractivity contribution in [1.29, 1.82) is 0 Å². The van der Waals surface area contributed by atoms with E-state index in [0.717, 1.165) is 21.5 Å². The van der Waals surface area contributed by atoms with Crippen LogP contribution < -0.4 is 11.7 Å². The number of cyclic esters (lactones) is 2. The van der Waals surface area contributed by atoms with E-state index < -0.39 is 12.2 Å². The van der Waals surface area contributed by atoms with Crippen molar-refractivity contribution in [2.24, 2.45) is 11.7 Å². The van der Waals surface area contributed by atoms with Crippen molar-refractivity contribution in [2.75, 3.05) is 37.1 Å². The molecular weight excluding hydrogens is 304 g/mol. The molecule has 8 nitrogen and oxygen atoms in total. The van der Waals surface area contributed by atoms with Gasteiger partial charge < -0.3 is 9.47 Å². The summed E-state index contributed by atoms with van der Waals surface area (Å²) in [5.41, 5.74) is 0. The number of nitrogens with zero attached hydrogens (tertiary/aromatic N) is 2. The zero-order valence-corrected chi connectivity index (χ0v) is 13.1. The number of hydrogen-bond acceptors (Lipinski definition) is 8. The number of amides is 2. The van der Waals surface area contributed by atoms with Gasteiger partial charge >= 0.3 is 12.2 Å². The first-order valence-corrected chi connectivity index (χ1v) is 8.70. The molecule has 2 rings (SSSR count). The first kappa shape index (κ1) is 17.2. The lowest BCUT2D eigenvalue weighted by Gasteiger charge is -2.03. The van der Waals surface area contributed by atoms with Gasteiger partial charge in [0.05, 0.1) is 13.1 Å². The highest BCUT2D eigenvalue weighted by Gasteiger charge is 2.28. The summed E-state index contributed by atoms with van der Waals surface area (Å²) >= 11 is 3.29. The van der Waals surface area contributed by atoms with Gasteiger partial charge in [0.25, 0.3) is 0 Å². The molecule has 116 valence electrons. The number of rotatable bonds is 4. The summed E-state index contributed by atoms with van der Waals surface area (Å²) in [5.74, 6) is 12.1. The second-order valence-corrected chi connectivity index (χ2v) is 6.05. The van der Waals surface area contributed by atoms with Crippen LogP contribution in [0, 0.1) is 0 Å². The van der Waals surface area contributed by atoms with Crippen molar-refractivity contribution in [2.45, 2.75) is 12.2 Å². The van der Waals surface area contributed by atoms with Crippen LogP contribution in [0.1, 0.15) is 0 Å². The standard InChI is InChI=1S/2C5H10N2O2S/c2*1-10-3-4-2-7(6)5(8)9-4/h2*4H,2-3,6H2,1H3. The summed E-state index contributed by atoms with van der Waals surface area (Å²) in [7, 11) is 0. The molecule has 0 bridgehead atoms. The lowest BCUT2D eigenvalue weighted by molar-refractivity contribution is 0.139. The van der Waals surface area contributed by atoms with Crippen LogP contribution in [0.2, 0.25) is 0 Å². The Labute approximate surface area is 126 Å². The van der Waals surface area contributed by atoms with Gasteiger partial charge in [-0.3, -0.25) is 0 Å². The molecule has 2 aliphatic rings. The van der Waals surface area contributed by atoms with Gasteiger partial charge in [0.2, 0.25) is 0 Å². The van der Waals surface area contributed by atoms with E-state index in [4.69, 9.17) is 21.2 Å². The summed E-state index contributed by atoms with van der Waals surface area (Å²) in [6, 6.07) is 0. The fraction of sp³-hybridized carbons (Fsp3) is 0.800. The fourth-order valence-electron chi connectivity index (χ4n) is 1.63. The molecule has 0 aliphatic carbocycles. The van der Waals surface area contributed by atoms with Crippen LogP contribution in [-0.2, 0) is 9.47 Å². The van der Waals surface area contributed by atoms with Crippen LogP contribution in [-0.4, -0.2) is 71.5 Å². The monoisotopic (exact) mass is 324 g/mol. The van der Waals surface area contributed by atoms with Crippen molar-refractivity contribution < 1.29 is 19.1 Å². The van der Waals surface area contributed by atoms with Gasteiger partial charge in [-0.2, -0.15) is 23.5 Å². The van der Waals surface area contributed by atoms with Crippen molar-refractivity contribution in [1.82, 2.24) is 10.0 Å². The summed E-state index contributed by atoms with van der Waals surface area (Å²) < 4.78 is 9.71. The molecule has 0 spiro atoms. The van der Waals surface area contributed by atoms with E-state index >= 15 is 0 Å². The first-order chi connectivity index (χ1) is 9.47. The fourth-order valence-corrected chi connectivity index (χ4v) is 2.72. The summed E-state index contributed by atoms with van der Waals surface area (Å²) in [5, 5.41) is 2.20. The Bertz CT molecular complexity index is 315. The van der Waals surface area contributed by atoms with Crippen LogP contribution in [0.15, 0.2) is 0 Å². The second-order valence-electron chi connectivity index (χ2n) is 4.23. The van der Waals surface area contributed by atoms with Crippen molar-refractivity contribution in [3.63, 3.8) is 0 Å². The van der Waals surface area contributed by atoms with Crippen LogP contribution in [0.3, 0.4) is 0 Å². The summed E-state index contributed by atoms with van der Waals surface area (Å²) in [6.45, 7) is 1.03. The minimum absolute atomic E-state index is 0.0208. The molecule has 0 aromatic carbocycles. The molecule has 2 unspecified atom stereocenters. The molecule has 0 aromatic rings. The predicted molar refractivity (Wildman–Crippen MR) is 79.1 cm³/mol. The Morgan fingerprint density at radius 1 is 1.00 bits per heavy atom. The smallest absolute Gasteiger partial charge is 0.424 e. The zero-order chi connectivity index (χ0) is 15.1.